The van der Waals surface area contributed by atoms with Crippen molar-refractivity contribution in [3.05, 3.63) is 70.1 Å². The Bertz CT molecular complexity index is 1380. The van der Waals surface area contributed by atoms with E-state index in [0.717, 1.165) is 5.56 Å². The van der Waals surface area contributed by atoms with Crippen molar-refractivity contribution in [2.24, 2.45) is 0 Å². The number of nitrogens with zero attached hydrogens (tertiary/aromatic N) is 4. The first-order chi connectivity index (χ1) is 16.0. The molecule has 1 saturated heterocycles. The number of hydrogen-bond donors (Lipinski definition) is 0. The molecular formula is C25H30N4O4S. The molecule has 1 fully saturated rings. The van der Waals surface area contributed by atoms with Crippen LogP contribution >= 0.6 is 0 Å². The van der Waals surface area contributed by atoms with E-state index in [1.54, 1.807) is 48.2 Å². The number of rotatable bonds is 4. The summed E-state index contributed by atoms with van der Waals surface area (Å²) in [5, 5.41) is 5.28. The smallest absolute Gasteiger partial charge is 0.275 e. The van der Waals surface area contributed by atoms with Crippen molar-refractivity contribution < 1.29 is 13.2 Å². The minimum absolute atomic E-state index is 0.0628. The number of piperazine rings is 1. The Morgan fingerprint density at radius 1 is 0.941 bits per heavy atom. The predicted molar refractivity (Wildman–Crippen MR) is 131 cm³/mol. The Morgan fingerprint density at radius 2 is 1.53 bits per heavy atom. The van der Waals surface area contributed by atoms with Crippen LogP contribution in [-0.2, 0) is 22.0 Å². The number of fused-ring (bicyclic) bond motifs is 1. The molecule has 8 nitrogen and oxygen atoms in total. The van der Waals surface area contributed by atoms with Gasteiger partial charge in [-0.25, -0.2) is 13.1 Å². The maximum Gasteiger partial charge on any atom is 0.275 e. The van der Waals surface area contributed by atoms with E-state index in [1.807, 2.05) is 12.1 Å². The van der Waals surface area contributed by atoms with E-state index in [0.29, 0.717) is 17.3 Å². The van der Waals surface area contributed by atoms with Gasteiger partial charge in [0.1, 0.15) is 0 Å². The quantitative estimate of drug-likeness (QED) is 0.570. The summed E-state index contributed by atoms with van der Waals surface area (Å²) in [6, 6.07) is 13.9. The van der Waals surface area contributed by atoms with Crippen molar-refractivity contribution in [3.63, 3.8) is 0 Å². The monoisotopic (exact) mass is 482 g/mol. The van der Waals surface area contributed by atoms with E-state index in [2.05, 4.69) is 25.9 Å². The SMILES string of the molecule is CCn1nc(C(=O)N2CCN(S(=O)(=O)c3ccc(C(C)(C)C)cc3)CC2)c2ccccc2c1=O. The summed E-state index contributed by atoms with van der Waals surface area (Å²) >= 11 is 0. The van der Waals surface area contributed by atoms with Crippen molar-refractivity contribution in [1.82, 2.24) is 19.0 Å². The molecule has 0 saturated carbocycles. The second kappa shape index (κ2) is 8.96. The number of amides is 1. The number of hydrogen-bond acceptors (Lipinski definition) is 5. The molecule has 4 rings (SSSR count). The van der Waals surface area contributed by atoms with E-state index in [4.69, 9.17) is 0 Å². The van der Waals surface area contributed by atoms with Gasteiger partial charge in [0.15, 0.2) is 5.69 Å². The fraction of sp³-hybridized carbons (Fsp3) is 0.400. The second-order valence-corrected chi connectivity index (χ2v) is 11.4. The number of benzene rings is 2. The highest BCUT2D eigenvalue weighted by molar-refractivity contribution is 7.89. The Morgan fingerprint density at radius 3 is 2.09 bits per heavy atom. The molecule has 2 aromatic carbocycles. The van der Waals surface area contributed by atoms with Gasteiger partial charge in [0.2, 0.25) is 10.0 Å². The van der Waals surface area contributed by atoms with E-state index in [9.17, 15) is 18.0 Å². The number of aromatic nitrogens is 2. The molecule has 0 aliphatic carbocycles. The molecule has 1 aliphatic heterocycles. The summed E-state index contributed by atoms with van der Waals surface area (Å²) in [7, 11) is -3.65. The Labute approximate surface area is 199 Å². The van der Waals surface area contributed by atoms with Crippen molar-refractivity contribution in [2.75, 3.05) is 26.2 Å². The molecule has 1 amide bonds. The number of aryl methyl sites for hydroxylation is 1. The molecule has 34 heavy (non-hydrogen) atoms. The number of sulfonamides is 1. The molecule has 0 atom stereocenters. The fourth-order valence-corrected chi connectivity index (χ4v) is 5.59. The lowest BCUT2D eigenvalue weighted by Gasteiger charge is -2.34. The zero-order valence-corrected chi connectivity index (χ0v) is 20.8. The van der Waals surface area contributed by atoms with Crippen molar-refractivity contribution >= 4 is 26.7 Å². The standard InChI is InChI=1S/C25H30N4O4S/c1-5-29-23(30)21-9-7-6-8-20(21)22(26-29)24(31)27-14-16-28(17-15-27)34(32,33)19-12-10-18(11-13-19)25(2,3)4/h6-13H,5,14-17H2,1-4H3. The highest BCUT2D eigenvalue weighted by Gasteiger charge is 2.32. The maximum absolute atomic E-state index is 13.3. The Hall–Kier alpha value is -3.04. The van der Waals surface area contributed by atoms with Gasteiger partial charge >= 0.3 is 0 Å². The minimum Gasteiger partial charge on any atom is -0.335 e. The molecule has 1 aliphatic rings. The van der Waals surface area contributed by atoms with E-state index >= 15 is 0 Å². The largest absolute Gasteiger partial charge is 0.335 e. The third kappa shape index (κ3) is 4.37. The van der Waals surface area contributed by atoms with Gasteiger partial charge in [-0.05, 0) is 36.1 Å². The Balaban J connectivity index is 1.54. The summed E-state index contributed by atoms with van der Waals surface area (Å²) < 4.78 is 29.0. The highest BCUT2D eigenvalue weighted by atomic mass is 32.2. The van der Waals surface area contributed by atoms with Crippen LogP contribution in [0, 0.1) is 0 Å². The fourth-order valence-electron chi connectivity index (χ4n) is 4.16. The summed E-state index contributed by atoms with van der Waals surface area (Å²) in [4.78, 5) is 27.8. The third-order valence-corrected chi connectivity index (χ3v) is 8.17. The van der Waals surface area contributed by atoms with Gasteiger partial charge in [0.05, 0.1) is 10.3 Å². The van der Waals surface area contributed by atoms with Gasteiger partial charge in [-0.2, -0.15) is 9.40 Å². The molecule has 0 N–H and O–H groups in total. The topological polar surface area (TPSA) is 92.6 Å². The summed E-state index contributed by atoms with van der Waals surface area (Å²) in [5.41, 5.74) is 0.983. The van der Waals surface area contributed by atoms with Crippen LogP contribution in [0.4, 0.5) is 0 Å². The number of carbonyl (C=O) groups is 1. The molecule has 0 radical (unpaired) electrons. The van der Waals surface area contributed by atoms with Gasteiger partial charge in [0, 0.05) is 38.1 Å². The first kappa shape index (κ1) is 24.1. The lowest BCUT2D eigenvalue weighted by atomic mass is 9.87. The van der Waals surface area contributed by atoms with Crippen molar-refractivity contribution in [1.29, 1.82) is 0 Å². The van der Waals surface area contributed by atoms with Crippen LogP contribution in [0.5, 0.6) is 0 Å². The van der Waals surface area contributed by atoms with Gasteiger partial charge in [0.25, 0.3) is 11.5 Å². The van der Waals surface area contributed by atoms with Crippen LogP contribution in [0.3, 0.4) is 0 Å². The van der Waals surface area contributed by atoms with Crippen LogP contribution in [-0.4, -0.2) is 59.5 Å². The van der Waals surface area contributed by atoms with Crippen LogP contribution in [0.1, 0.15) is 43.7 Å². The minimum atomic E-state index is -3.65. The molecule has 0 bridgehead atoms. The van der Waals surface area contributed by atoms with Crippen molar-refractivity contribution in [2.45, 2.75) is 44.6 Å². The molecule has 2 heterocycles. The van der Waals surface area contributed by atoms with E-state index < -0.39 is 10.0 Å². The molecule has 3 aromatic rings. The molecule has 1 aromatic heterocycles. The average Bonchev–Trinajstić information content (AvgIpc) is 2.83. The predicted octanol–water partition coefficient (Wildman–Crippen LogP) is 2.86. The van der Waals surface area contributed by atoms with Crippen LogP contribution in [0.15, 0.2) is 58.2 Å². The average molecular weight is 483 g/mol. The summed E-state index contributed by atoms with van der Waals surface area (Å²) in [6.07, 6.45) is 0. The van der Waals surface area contributed by atoms with Crippen molar-refractivity contribution in [3.8, 4) is 0 Å². The second-order valence-electron chi connectivity index (χ2n) is 9.49. The van der Waals surface area contributed by atoms with Gasteiger partial charge in [-0.1, -0.05) is 51.1 Å². The van der Waals surface area contributed by atoms with E-state index in [1.165, 1.54) is 8.99 Å². The van der Waals surface area contributed by atoms with Crippen LogP contribution < -0.4 is 5.56 Å². The molecule has 180 valence electrons. The van der Waals surface area contributed by atoms with Crippen LogP contribution in [0.2, 0.25) is 0 Å². The molecular weight excluding hydrogens is 452 g/mol. The lowest BCUT2D eigenvalue weighted by Crippen LogP contribution is -2.50. The maximum atomic E-state index is 13.3. The van der Waals surface area contributed by atoms with Crippen LogP contribution in [0.25, 0.3) is 10.8 Å². The molecule has 0 unspecified atom stereocenters. The molecule has 0 spiro atoms. The lowest BCUT2D eigenvalue weighted by molar-refractivity contribution is 0.0691. The number of carbonyl (C=O) groups excluding carboxylic acids is 1. The van der Waals surface area contributed by atoms with Gasteiger partial charge in [-0.15, -0.1) is 0 Å². The summed E-state index contributed by atoms with van der Waals surface area (Å²) in [6.45, 7) is 9.28. The van der Waals surface area contributed by atoms with Gasteiger partial charge < -0.3 is 4.90 Å². The zero-order valence-electron chi connectivity index (χ0n) is 20.0. The third-order valence-electron chi connectivity index (χ3n) is 6.25. The summed E-state index contributed by atoms with van der Waals surface area (Å²) in [5.74, 6) is -0.301. The normalized spacial score (nSPS) is 15.6. The highest BCUT2D eigenvalue weighted by Crippen LogP contribution is 2.25. The first-order valence-electron chi connectivity index (χ1n) is 11.4. The zero-order chi connectivity index (χ0) is 24.7. The molecule has 9 heteroatoms. The Kier molecular flexibility index (Phi) is 6.35. The first-order valence-corrected chi connectivity index (χ1v) is 12.9. The van der Waals surface area contributed by atoms with Gasteiger partial charge in [-0.3, -0.25) is 9.59 Å². The van der Waals surface area contributed by atoms with E-state index in [-0.39, 0.29) is 53.6 Å².